The van der Waals surface area contributed by atoms with Crippen LogP contribution >= 0.6 is 0 Å². The van der Waals surface area contributed by atoms with Crippen molar-refractivity contribution >= 4 is 23.5 Å². The zero-order valence-corrected chi connectivity index (χ0v) is 20.3. The summed E-state index contributed by atoms with van der Waals surface area (Å²) < 4.78 is 7.34. The molecule has 1 fully saturated rings. The van der Waals surface area contributed by atoms with Crippen molar-refractivity contribution in [3.8, 4) is 22.9 Å². The Morgan fingerprint density at radius 1 is 1.31 bits per heavy atom. The van der Waals surface area contributed by atoms with Crippen molar-refractivity contribution < 1.29 is 14.3 Å². The lowest BCUT2D eigenvalue weighted by atomic mass is 9.78. The third-order valence-electron chi connectivity index (χ3n) is 6.41. The molecular weight excluding hydrogens is 444 g/mol. The van der Waals surface area contributed by atoms with Crippen LogP contribution in [0.1, 0.15) is 39.2 Å². The Hall–Kier alpha value is -3.93. The first-order valence-electron chi connectivity index (χ1n) is 11.9. The molecule has 0 bridgehead atoms. The van der Waals surface area contributed by atoms with Gasteiger partial charge in [0.1, 0.15) is 29.3 Å². The van der Waals surface area contributed by atoms with E-state index in [1.807, 2.05) is 39.0 Å². The van der Waals surface area contributed by atoms with Crippen molar-refractivity contribution in [1.29, 1.82) is 5.26 Å². The largest absolute Gasteiger partial charge is 0.492 e. The average molecular weight is 475 g/mol. The minimum absolute atomic E-state index is 0.184. The molecule has 0 aliphatic carbocycles. The van der Waals surface area contributed by atoms with Crippen LogP contribution in [0.25, 0.3) is 16.6 Å². The summed E-state index contributed by atoms with van der Waals surface area (Å²) >= 11 is 0. The Bertz CT molecular complexity index is 1250. The van der Waals surface area contributed by atoms with Crippen molar-refractivity contribution in [2.75, 3.05) is 31.1 Å². The molecule has 35 heavy (non-hydrogen) atoms. The van der Waals surface area contributed by atoms with Crippen molar-refractivity contribution in [3.63, 3.8) is 0 Å². The van der Waals surface area contributed by atoms with Gasteiger partial charge in [-0.2, -0.15) is 10.4 Å². The van der Waals surface area contributed by atoms with Crippen molar-refractivity contribution in [2.24, 2.45) is 11.3 Å². The van der Waals surface area contributed by atoms with Crippen LogP contribution in [0.15, 0.2) is 36.8 Å². The smallest absolute Gasteiger partial charge is 0.233 e. The van der Waals surface area contributed by atoms with Crippen LogP contribution in [-0.2, 0) is 9.59 Å². The maximum Gasteiger partial charge on any atom is 0.233 e. The number of nitrogens with zero attached hydrogens (tertiary/aromatic N) is 5. The molecule has 3 aromatic rings. The molecule has 0 radical (unpaired) electrons. The van der Waals surface area contributed by atoms with Crippen molar-refractivity contribution in [2.45, 2.75) is 33.6 Å². The molecular formula is C26H30N6O3. The maximum absolute atomic E-state index is 12.7. The summed E-state index contributed by atoms with van der Waals surface area (Å²) in [6.07, 6.45) is 6.78. The molecule has 1 N–H and O–H groups in total. The SMILES string of the molecule is CCOc1cc(-c2ccc(N3CCC(C=O)(C(=O)NCC(C)C)CC3)nc2)c2c(C#N)cnn2c1. The number of aldehydes is 1. The van der Waals surface area contributed by atoms with Crippen LogP contribution in [0.3, 0.4) is 0 Å². The van der Waals surface area contributed by atoms with Gasteiger partial charge in [0, 0.05) is 37.0 Å². The first-order valence-corrected chi connectivity index (χ1v) is 11.9. The molecule has 9 nitrogen and oxygen atoms in total. The lowest BCUT2D eigenvalue weighted by molar-refractivity contribution is -0.137. The van der Waals surface area contributed by atoms with Gasteiger partial charge in [0.05, 0.1) is 30.1 Å². The lowest BCUT2D eigenvalue weighted by Crippen LogP contribution is -2.50. The second-order valence-electron chi connectivity index (χ2n) is 9.26. The number of amides is 1. The van der Waals surface area contributed by atoms with E-state index in [0.717, 1.165) is 23.2 Å². The van der Waals surface area contributed by atoms with Gasteiger partial charge in [0.2, 0.25) is 5.91 Å². The summed E-state index contributed by atoms with van der Waals surface area (Å²) in [7, 11) is 0. The van der Waals surface area contributed by atoms with Crippen LogP contribution in [0.5, 0.6) is 5.75 Å². The predicted molar refractivity (Wildman–Crippen MR) is 132 cm³/mol. The van der Waals surface area contributed by atoms with E-state index >= 15 is 0 Å². The molecule has 0 aromatic carbocycles. The van der Waals surface area contributed by atoms with Gasteiger partial charge in [-0.25, -0.2) is 9.50 Å². The summed E-state index contributed by atoms with van der Waals surface area (Å²) in [5.74, 6) is 1.58. The molecule has 1 saturated heterocycles. The van der Waals surface area contributed by atoms with E-state index in [4.69, 9.17) is 4.74 Å². The number of nitrogens with one attached hydrogen (secondary N) is 1. The van der Waals surface area contributed by atoms with E-state index in [1.165, 1.54) is 0 Å². The number of piperidine rings is 1. The zero-order valence-electron chi connectivity index (χ0n) is 20.3. The minimum Gasteiger partial charge on any atom is -0.492 e. The Kier molecular flexibility index (Phi) is 7.01. The van der Waals surface area contributed by atoms with Gasteiger partial charge in [-0.15, -0.1) is 0 Å². The van der Waals surface area contributed by atoms with E-state index in [-0.39, 0.29) is 5.91 Å². The number of pyridine rings is 2. The molecule has 1 amide bonds. The number of rotatable bonds is 8. The average Bonchev–Trinajstić information content (AvgIpc) is 3.30. The molecule has 0 unspecified atom stereocenters. The van der Waals surface area contributed by atoms with E-state index < -0.39 is 5.41 Å². The Morgan fingerprint density at radius 2 is 2.09 bits per heavy atom. The predicted octanol–water partition coefficient (Wildman–Crippen LogP) is 3.22. The number of aromatic nitrogens is 3. The summed E-state index contributed by atoms with van der Waals surface area (Å²) in [6, 6.07) is 7.98. The van der Waals surface area contributed by atoms with Crippen LogP contribution in [0.4, 0.5) is 5.82 Å². The standard InChI is InChI=1S/C26H30N6O3/c1-4-35-21-11-22(24-20(12-27)15-30-32(24)16-21)19-5-6-23(28-14-19)31-9-7-26(17-33,8-10-31)25(34)29-13-18(2)3/h5-6,11,14-18H,4,7-10,13H2,1-3H3,(H,29,34). The third kappa shape index (κ3) is 4.83. The number of carbonyl (C=O) groups excluding carboxylic acids is 2. The molecule has 0 spiro atoms. The fourth-order valence-corrected chi connectivity index (χ4v) is 4.38. The summed E-state index contributed by atoms with van der Waals surface area (Å²) in [5, 5.41) is 16.7. The highest BCUT2D eigenvalue weighted by atomic mass is 16.5. The first-order chi connectivity index (χ1) is 16.9. The summed E-state index contributed by atoms with van der Waals surface area (Å²) in [6.45, 7) is 8.16. The molecule has 4 rings (SSSR count). The van der Waals surface area contributed by atoms with Crippen molar-refractivity contribution in [3.05, 3.63) is 42.4 Å². The number of anilines is 1. The highest BCUT2D eigenvalue weighted by Gasteiger charge is 2.41. The molecule has 182 valence electrons. The van der Waals surface area contributed by atoms with Gasteiger partial charge < -0.3 is 19.7 Å². The van der Waals surface area contributed by atoms with E-state index in [2.05, 4.69) is 26.4 Å². The highest BCUT2D eigenvalue weighted by Crippen LogP contribution is 2.34. The molecule has 0 atom stereocenters. The van der Waals surface area contributed by atoms with Gasteiger partial charge in [-0.3, -0.25) is 4.79 Å². The fourth-order valence-electron chi connectivity index (χ4n) is 4.38. The lowest BCUT2D eigenvalue weighted by Gasteiger charge is -2.37. The number of ether oxygens (including phenoxy) is 1. The monoisotopic (exact) mass is 474 g/mol. The fraction of sp³-hybridized carbons (Fsp3) is 0.423. The topological polar surface area (TPSA) is 113 Å². The number of hydrogen-bond acceptors (Lipinski definition) is 7. The van der Waals surface area contributed by atoms with Crippen LogP contribution in [-0.4, -0.2) is 53.0 Å². The minimum atomic E-state index is -0.980. The summed E-state index contributed by atoms with van der Waals surface area (Å²) in [5.41, 5.74) is 1.84. The Balaban J connectivity index is 1.54. The normalized spacial score (nSPS) is 15.1. The molecule has 1 aliphatic heterocycles. The van der Waals surface area contributed by atoms with Crippen LogP contribution < -0.4 is 15.0 Å². The molecule has 4 heterocycles. The van der Waals surface area contributed by atoms with E-state index in [9.17, 15) is 14.9 Å². The number of nitriles is 1. The maximum atomic E-state index is 12.7. The van der Waals surface area contributed by atoms with Crippen LogP contribution in [0, 0.1) is 22.7 Å². The molecule has 9 heteroatoms. The molecule has 1 aliphatic rings. The van der Waals surface area contributed by atoms with Gasteiger partial charge in [0.25, 0.3) is 0 Å². The van der Waals surface area contributed by atoms with E-state index in [1.54, 1.807) is 23.1 Å². The second-order valence-corrected chi connectivity index (χ2v) is 9.26. The van der Waals surface area contributed by atoms with Gasteiger partial charge >= 0.3 is 0 Å². The third-order valence-corrected chi connectivity index (χ3v) is 6.41. The number of fused-ring (bicyclic) bond motifs is 1. The number of carbonyl (C=O) groups is 2. The zero-order chi connectivity index (χ0) is 25.0. The van der Waals surface area contributed by atoms with Gasteiger partial charge in [-0.1, -0.05) is 13.8 Å². The van der Waals surface area contributed by atoms with E-state index in [0.29, 0.717) is 61.8 Å². The first kappa shape index (κ1) is 24.2. The van der Waals surface area contributed by atoms with Gasteiger partial charge in [0.15, 0.2) is 0 Å². The Labute approximate surface area is 204 Å². The van der Waals surface area contributed by atoms with Crippen molar-refractivity contribution in [1.82, 2.24) is 19.9 Å². The quantitative estimate of drug-likeness (QED) is 0.394. The Morgan fingerprint density at radius 3 is 2.69 bits per heavy atom. The molecule has 3 aromatic heterocycles. The number of hydrogen-bond donors (Lipinski definition) is 1. The second kappa shape index (κ2) is 10.1. The molecule has 0 saturated carbocycles. The van der Waals surface area contributed by atoms with Crippen LogP contribution in [0.2, 0.25) is 0 Å². The highest BCUT2D eigenvalue weighted by molar-refractivity contribution is 5.97. The summed E-state index contributed by atoms with van der Waals surface area (Å²) in [4.78, 5) is 31.3. The van der Waals surface area contributed by atoms with Gasteiger partial charge in [-0.05, 0) is 43.9 Å².